The van der Waals surface area contributed by atoms with Gasteiger partial charge in [-0.2, -0.15) is 0 Å². The Balaban J connectivity index is 1.61. The second-order valence-corrected chi connectivity index (χ2v) is 6.70. The maximum Gasteiger partial charge on any atom is 0.180 e. The van der Waals surface area contributed by atoms with Gasteiger partial charge in [0.25, 0.3) is 0 Å². The van der Waals surface area contributed by atoms with E-state index in [0.29, 0.717) is 29.2 Å². The number of hydrogen-bond donors (Lipinski definition) is 1. The molecule has 1 aliphatic heterocycles. The highest BCUT2D eigenvalue weighted by Gasteiger charge is 2.16. The maximum absolute atomic E-state index is 13.0. The Morgan fingerprint density at radius 2 is 2.04 bits per heavy atom. The van der Waals surface area contributed by atoms with E-state index in [2.05, 4.69) is 5.32 Å². The van der Waals surface area contributed by atoms with Gasteiger partial charge in [-0.1, -0.05) is 23.7 Å². The molecule has 1 N–H and O–H groups in total. The second-order valence-electron chi connectivity index (χ2n) is 6.29. The van der Waals surface area contributed by atoms with Crippen LogP contribution in [0.4, 0.5) is 4.39 Å². The predicted molar refractivity (Wildman–Crippen MR) is 99.4 cm³/mol. The van der Waals surface area contributed by atoms with Gasteiger partial charge in [0.2, 0.25) is 0 Å². The molecule has 2 aromatic rings. The first-order valence-electron chi connectivity index (χ1n) is 8.71. The molecule has 2 aromatic carbocycles. The first-order valence-corrected chi connectivity index (χ1v) is 9.09. The van der Waals surface area contributed by atoms with Crippen molar-refractivity contribution in [2.24, 2.45) is 0 Å². The Morgan fingerprint density at radius 1 is 1.23 bits per heavy atom. The Morgan fingerprint density at radius 3 is 2.73 bits per heavy atom. The number of halogens is 2. The molecule has 1 atom stereocenters. The van der Waals surface area contributed by atoms with Crippen molar-refractivity contribution in [3.05, 3.63) is 58.4 Å². The zero-order chi connectivity index (χ0) is 18.4. The van der Waals surface area contributed by atoms with Gasteiger partial charge >= 0.3 is 0 Å². The summed E-state index contributed by atoms with van der Waals surface area (Å²) in [4.78, 5) is 0. The quantitative estimate of drug-likeness (QED) is 0.740. The van der Waals surface area contributed by atoms with Crippen molar-refractivity contribution in [1.29, 1.82) is 0 Å². The summed E-state index contributed by atoms with van der Waals surface area (Å²) in [6.07, 6.45) is 2.53. The average molecular weight is 380 g/mol. The lowest BCUT2D eigenvalue weighted by Crippen LogP contribution is -2.25. The van der Waals surface area contributed by atoms with Crippen LogP contribution in [-0.4, -0.2) is 26.4 Å². The lowest BCUT2D eigenvalue weighted by Gasteiger charge is -2.15. The lowest BCUT2D eigenvalue weighted by molar-refractivity contribution is 0.110. The number of methoxy groups -OCH3 is 1. The van der Waals surface area contributed by atoms with E-state index < -0.39 is 0 Å². The van der Waals surface area contributed by atoms with Crippen molar-refractivity contribution in [3.63, 3.8) is 0 Å². The minimum Gasteiger partial charge on any atom is -0.493 e. The van der Waals surface area contributed by atoms with E-state index in [1.807, 2.05) is 12.1 Å². The fourth-order valence-corrected chi connectivity index (χ4v) is 3.22. The molecule has 4 nitrogen and oxygen atoms in total. The highest BCUT2D eigenvalue weighted by molar-refractivity contribution is 6.32. The maximum atomic E-state index is 13.0. The van der Waals surface area contributed by atoms with Crippen LogP contribution in [0.5, 0.6) is 11.5 Å². The monoisotopic (exact) mass is 379 g/mol. The minimum atomic E-state index is -0.274. The van der Waals surface area contributed by atoms with Crippen LogP contribution in [0.15, 0.2) is 36.4 Å². The Labute approximate surface area is 158 Å². The highest BCUT2D eigenvalue weighted by Crippen LogP contribution is 2.37. The normalized spacial score (nSPS) is 16.7. The van der Waals surface area contributed by atoms with Crippen LogP contribution in [0.25, 0.3) is 0 Å². The number of hydrogen-bond acceptors (Lipinski definition) is 4. The molecule has 1 saturated heterocycles. The van der Waals surface area contributed by atoms with Gasteiger partial charge in [0.05, 0.1) is 18.2 Å². The van der Waals surface area contributed by atoms with Gasteiger partial charge in [-0.05, 0) is 48.2 Å². The summed E-state index contributed by atoms with van der Waals surface area (Å²) in [5, 5.41) is 3.88. The SMILES string of the molecule is COc1cc(CNCC2CCCO2)cc(Cl)c1OCc1ccc(F)cc1. The minimum absolute atomic E-state index is 0.274. The van der Waals surface area contributed by atoms with E-state index in [0.717, 1.165) is 37.1 Å². The molecule has 0 saturated carbocycles. The topological polar surface area (TPSA) is 39.7 Å². The molecule has 140 valence electrons. The molecule has 3 rings (SSSR count). The third-order valence-corrected chi connectivity index (χ3v) is 4.59. The van der Waals surface area contributed by atoms with Gasteiger partial charge in [-0.15, -0.1) is 0 Å². The molecule has 0 spiro atoms. The van der Waals surface area contributed by atoms with Crippen molar-refractivity contribution in [3.8, 4) is 11.5 Å². The van der Waals surface area contributed by atoms with Crippen LogP contribution in [0.1, 0.15) is 24.0 Å². The Hall–Kier alpha value is -1.82. The first kappa shape index (κ1) is 19.0. The first-order chi connectivity index (χ1) is 12.7. The van der Waals surface area contributed by atoms with Crippen molar-refractivity contribution in [2.45, 2.75) is 32.1 Å². The van der Waals surface area contributed by atoms with Crippen LogP contribution in [0.3, 0.4) is 0 Å². The van der Waals surface area contributed by atoms with E-state index in [1.54, 1.807) is 19.2 Å². The zero-order valence-corrected chi connectivity index (χ0v) is 15.5. The van der Waals surface area contributed by atoms with Gasteiger partial charge in [0, 0.05) is 19.7 Å². The van der Waals surface area contributed by atoms with Crippen LogP contribution in [0.2, 0.25) is 5.02 Å². The summed E-state index contributed by atoms with van der Waals surface area (Å²) in [5.41, 5.74) is 1.87. The number of nitrogens with one attached hydrogen (secondary N) is 1. The van der Waals surface area contributed by atoms with Crippen molar-refractivity contribution >= 4 is 11.6 Å². The van der Waals surface area contributed by atoms with Gasteiger partial charge < -0.3 is 19.5 Å². The molecular formula is C20H23ClFNO3. The molecular weight excluding hydrogens is 357 g/mol. The number of ether oxygens (including phenoxy) is 3. The standard InChI is InChI=1S/C20H23ClFNO3/c1-24-19-10-15(11-23-12-17-3-2-8-25-17)9-18(21)20(19)26-13-14-4-6-16(22)7-5-14/h4-7,9-10,17,23H,2-3,8,11-13H2,1H3. The van der Waals surface area contributed by atoms with E-state index >= 15 is 0 Å². The summed E-state index contributed by atoms with van der Waals surface area (Å²) in [7, 11) is 1.58. The largest absolute Gasteiger partial charge is 0.493 e. The highest BCUT2D eigenvalue weighted by atomic mass is 35.5. The fraction of sp³-hybridized carbons (Fsp3) is 0.400. The van der Waals surface area contributed by atoms with Crippen molar-refractivity contribution in [2.75, 3.05) is 20.3 Å². The van der Waals surface area contributed by atoms with Crippen LogP contribution < -0.4 is 14.8 Å². The molecule has 1 aliphatic rings. The molecule has 0 aliphatic carbocycles. The summed E-state index contributed by atoms with van der Waals surface area (Å²) in [6.45, 7) is 2.63. The van der Waals surface area contributed by atoms with Gasteiger partial charge in [0.1, 0.15) is 12.4 Å². The van der Waals surface area contributed by atoms with Gasteiger partial charge in [-0.25, -0.2) is 4.39 Å². The molecule has 6 heteroatoms. The fourth-order valence-electron chi connectivity index (χ4n) is 2.93. The molecule has 0 radical (unpaired) electrons. The van der Waals surface area contributed by atoms with Crippen LogP contribution in [-0.2, 0) is 17.9 Å². The molecule has 1 fully saturated rings. The molecule has 1 heterocycles. The van der Waals surface area contributed by atoms with E-state index in [1.165, 1.54) is 12.1 Å². The predicted octanol–water partition coefficient (Wildman–Crippen LogP) is 4.34. The molecule has 0 aromatic heterocycles. The zero-order valence-electron chi connectivity index (χ0n) is 14.8. The van der Waals surface area contributed by atoms with E-state index in [9.17, 15) is 4.39 Å². The summed E-state index contributed by atoms with van der Waals surface area (Å²) in [6, 6.07) is 9.94. The molecule has 0 amide bonds. The van der Waals surface area contributed by atoms with Gasteiger partial charge in [0.15, 0.2) is 11.5 Å². The number of rotatable bonds is 8. The summed E-state index contributed by atoms with van der Waals surface area (Å²) in [5.74, 6) is 0.791. The molecule has 26 heavy (non-hydrogen) atoms. The van der Waals surface area contributed by atoms with E-state index in [-0.39, 0.29) is 12.4 Å². The van der Waals surface area contributed by atoms with Crippen molar-refractivity contribution < 1.29 is 18.6 Å². The molecule has 0 bridgehead atoms. The smallest absolute Gasteiger partial charge is 0.180 e. The summed E-state index contributed by atoms with van der Waals surface area (Å²) < 4.78 is 29.8. The van der Waals surface area contributed by atoms with Crippen molar-refractivity contribution in [1.82, 2.24) is 5.32 Å². The van der Waals surface area contributed by atoms with Crippen LogP contribution >= 0.6 is 11.6 Å². The number of benzene rings is 2. The van der Waals surface area contributed by atoms with Gasteiger partial charge in [-0.3, -0.25) is 0 Å². The van der Waals surface area contributed by atoms with Crippen LogP contribution in [0, 0.1) is 5.82 Å². The average Bonchev–Trinajstić information content (AvgIpc) is 3.15. The third kappa shape index (κ3) is 5.10. The second kappa shape index (κ2) is 9.21. The van der Waals surface area contributed by atoms with E-state index in [4.69, 9.17) is 25.8 Å². The molecule has 1 unspecified atom stereocenters. The Bertz CT molecular complexity index is 718. The Kier molecular flexibility index (Phi) is 6.72. The third-order valence-electron chi connectivity index (χ3n) is 4.31. The lowest BCUT2D eigenvalue weighted by atomic mass is 10.2. The summed E-state index contributed by atoms with van der Waals surface area (Å²) >= 11 is 6.39.